The van der Waals surface area contributed by atoms with Crippen LogP contribution in [0.15, 0.2) is 47.2 Å². The van der Waals surface area contributed by atoms with Gasteiger partial charge >= 0.3 is 11.9 Å². The van der Waals surface area contributed by atoms with Crippen LogP contribution in [0.1, 0.15) is 26.0 Å². The Labute approximate surface area is 303 Å². The molecule has 2 atom stereocenters. The number of ether oxygens (including phenoxy) is 1. The maximum absolute atomic E-state index is 13.4. The van der Waals surface area contributed by atoms with Gasteiger partial charge in [-0.05, 0) is 31.5 Å². The number of aromatic nitrogens is 3. The summed E-state index contributed by atoms with van der Waals surface area (Å²) in [4.78, 5) is 54.2. The Morgan fingerprint density at radius 2 is 1.98 bits per heavy atom. The second-order valence-electron chi connectivity index (χ2n) is 12.7. The largest absolute Gasteiger partial charge is 0.724 e. The van der Waals surface area contributed by atoms with E-state index in [-0.39, 0.29) is 10.8 Å². The second kappa shape index (κ2) is 15.8. The van der Waals surface area contributed by atoms with E-state index in [9.17, 15) is 32.5 Å². The maximum Gasteiger partial charge on any atom is 0.393 e. The first-order valence-corrected chi connectivity index (χ1v) is 18.2. The van der Waals surface area contributed by atoms with E-state index >= 15 is 0 Å². The van der Waals surface area contributed by atoms with E-state index in [1.54, 1.807) is 30.5 Å². The number of anilines is 2. The number of oxime groups is 1. The standard InChI is InChI=1S/C31H39N9O10S2/c1-31(2)22(27(42)40(31)50-52(45,46)47)10-24(41)26(23-17-51-29(33)36-23)37-49-25(28(43)44)16-48-21-6-4-19(5-7-21)20-13-35-30(38(3)15-20)39(9-8-32)14-18-11-34-12-18/h4-7,13,15,17-18,22,25,34H,8-12,14,16,32H2,1-3H3,(H3-,33,36,43,44,45,46,47)/b37-26-/t22-,25+/m1/s1. The average molecular weight is 762 g/mol. The van der Waals surface area contributed by atoms with Gasteiger partial charge in [-0.15, -0.1) is 11.3 Å². The predicted molar refractivity (Wildman–Crippen MR) is 184 cm³/mol. The van der Waals surface area contributed by atoms with Gasteiger partial charge in [0.1, 0.15) is 24.2 Å². The number of carboxylic acid groups (broad SMARTS) is 1. The molecule has 0 radical (unpaired) electrons. The van der Waals surface area contributed by atoms with Crippen molar-refractivity contribution >= 4 is 56.2 Å². The predicted octanol–water partition coefficient (Wildman–Crippen LogP) is -0.563. The monoisotopic (exact) mass is 761 g/mol. The van der Waals surface area contributed by atoms with Gasteiger partial charge in [-0.2, -0.15) is 9.35 Å². The lowest BCUT2D eigenvalue weighted by Crippen LogP contribution is -2.68. The number of nitrogens with two attached hydrogens (primary N) is 2. The number of carboxylic acids is 1. The fraction of sp³-hybridized carbons (Fsp3) is 0.452. The number of hydroxylamine groups is 2. The van der Waals surface area contributed by atoms with E-state index in [1.807, 2.05) is 17.8 Å². The third-order valence-corrected chi connectivity index (χ3v) is 9.59. The van der Waals surface area contributed by atoms with E-state index in [0.29, 0.717) is 29.8 Å². The van der Waals surface area contributed by atoms with Crippen LogP contribution < -0.4 is 31.0 Å². The number of rotatable bonds is 18. The summed E-state index contributed by atoms with van der Waals surface area (Å²) in [7, 11) is -3.33. The first kappa shape index (κ1) is 38.4. The summed E-state index contributed by atoms with van der Waals surface area (Å²) in [6.45, 7) is 6.27. The van der Waals surface area contributed by atoms with Crippen LogP contribution in [-0.2, 0) is 41.0 Å². The van der Waals surface area contributed by atoms with E-state index in [4.69, 9.17) is 26.0 Å². The molecule has 0 bridgehead atoms. The van der Waals surface area contributed by atoms with Crippen LogP contribution in [0, 0.1) is 11.8 Å². The van der Waals surface area contributed by atoms with Gasteiger partial charge in [0.15, 0.2) is 16.6 Å². The lowest BCUT2D eigenvalue weighted by atomic mass is 9.74. The summed E-state index contributed by atoms with van der Waals surface area (Å²) in [6.07, 6.45) is 1.54. The molecule has 21 heteroatoms. The highest BCUT2D eigenvalue weighted by Crippen LogP contribution is 2.40. The normalized spacial score (nSPS) is 17.9. The van der Waals surface area contributed by atoms with Crippen molar-refractivity contribution in [1.29, 1.82) is 0 Å². The number of Topliss-reactive ketones (excluding diaryl/α,β-unsaturated/α-hetero) is 1. The number of benzene rings is 1. The molecule has 280 valence electrons. The van der Waals surface area contributed by atoms with Gasteiger partial charge in [0.25, 0.3) is 12.0 Å². The Bertz CT molecular complexity index is 1930. The van der Waals surface area contributed by atoms with E-state index in [1.165, 1.54) is 19.2 Å². The molecule has 2 saturated heterocycles. The highest BCUT2D eigenvalue weighted by molar-refractivity contribution is 7.80. The fourth-order valence-corrected chi connectivity index (χ4v) is 6.65. The molecule has 0 saturated carbocycles. The highest BCUT2D eigenvalue weighted by Gasteiger charge is 2.57. The number of ketones is 1. The third-order valence-electron chi connectivity index (χ3n) is 8.59. The molecule has 3 aromatic rings. The number of carbonyl (C=O) groups excluding carboxylic acids is 2. The molecule has 4 heterocycles. The van der Waals surface area contributed by atoms with Crippen molar-refractivity contribution in [2.45, 2.75) is 31.9 Å². The van der Waals surface area contributed by atoms with Crippen LogP contribution in [0.25, 0.3) is 11.1 Å². The second-order valence-corrected chi connectivity index (χ2v) is 14.6. The van der Waals surface area contributed by atoms with Gasteiger partial charge in [-0.25, -0.2) is 22.8 Å². The Kier molecular flexibility index (Phi) is 11.7. The van der Waals surface area contributed by atoms with E-state index in [0.717, 1.165) is 48.0 Å². The zero-order valence-corrected chi connectivity index (χ0v) is 30.1. The van der Waals surface area contributed by atoms with Gasteiger partial charge in [0.05, 0.1) is 37.8 Å². The van der Waals surface area contributed by atoms with Crippen LogP contribution >= 0.6 is 11.3 Å². The van der Waals surface area contributed by atoms with Gasteiger partial charge < -0.3 is 36.0 Å². The maximum atomic E-state index is 13.4. The summed E-state index contributed by atoms with van der Waals surface area (Å²) in [5, 5.41) is 18.7. The lowest BCUT2D eigenvalue weighted by Gasteiger charge is -2.51. The number of hydrogen-bond donors (Lipinski definition) is 4. The molecular weight excluding hydrogens is 723 g/mol. The van der Waals surface area contributed by atoms with Gasteiger partial charge in [-0.3, -0.25) is 14.5 Å². The summed E-state index contributed by atoms with van der Waals surface area (Å²) in [5.74, 6) is -2.58. The van der Waals surface area contributed by atoms with Crippen molar-refractivity contribution in [3.8, 4) is 16.9 Å². The van der Waals surface area contributed by atoms with Crippen LogP contribution in [0.3, 0.4) is 0 Å². The number of nitrogen functional groups attached to an aromatic ring is 1. The average Bonchev–Trinajstić information content (AvgIpc) is 3.50. The van der Waals surface area contributed by atoms with Crippen LogP contribution in [0.5, 0.6) is 5.75 Å². The molecule has 2 aromatic heterocycles. The fourth-order valence-electron chi connectivity index (χ4n) is 5.65. The molecule has 0 unspecified atom stereocenters. The SMILES string of the molecule is C[n+]1cc(-c2ccc(OC[C@H](O/N=C(\C(=O)C[C@@H]3C(=O)N(OS(=O)(=O)[O-])C3(C)C)c3csc(N)n3)C(=O)O)cc2)cnc1N(CCN)CC1CNC1. The Morgan fingerprint density at radius 3 is 2.52 bits per heavy atom. The highest BCUT2D eigenvalue weighted by atomic mass is 32.3. The zero-order chi connectivity index (χ0) is 37.8. The summed E-state index contributed by atoms with van der Waals surface area (Å²) < 4.78 is 45.0. The number of β-lactam (4-membered cyclic amide) rings is 1. The zero-order valence-electron chi connectivity index (χ0n) is 28.5. The van der Waals surface area contributed by atoms with Crippen LogP contribution in [-0.4, -0.2) is 107 Å². The molecule has 52 heavy (non-hydrogen) atoms. The minimum Gasteiger partial charge on any atom is -0.724 e. The number of nitrogens with one attached hydrogen (secondary N) is 1. The van der Waals surface area contributed by atoms with Crippen molar-refractivity contribution in [1.82, 2.24) is 20.3 Å². The Balaban J connectivity index is 1.24. The third kappa shape index (κ3) is 8.97. The number of amides is 1. The topological polar surface area (TPSA) is 269 Å². The van der Waals surface area contributed by atoms with E-state index < -0.39 is 64.4 Å². The van der Waals surface area contributed by atoms with Crippen molar-refractivity contribution in [3.05, 3.63) is 47.7 Å². The first-order valence-electron chi connectivity index (χ1n) is 16.0. The smallest absolute Gasteiger partial charge is 0.393 e. The Hall–Kier alpha value is -4.80. The molecule has 2 aliphatic rings. The molecule has 1 amide bonds. The lowest BCUT2D eigenvalue weighted by molar-refractivity contribution is -0.661. The quantitative estimate of drug-likeness (QED) is 0.0316. The van der Waals surface area contributed by atoms with Crippen LogP contribution in [0.4, 0.5) is 11.1 Å². The molecular formula is C31H39N9O10S2. The molecule has 2 aliphatic heterocycles. The summed E-state index contributed by atoms with van der Waals surface area (Å²) in [5.41, 5.74) is 11.5. The number of thiazole rings is 1. The first-order chi connectivity index (χ1) is 24.6. The molecule has 2 fully saturated rings. The molecule has 0 aliphatic carbocycles. The van der Waals surface area contributed by atoms with Crippen molar-refractivity contribution in [2.75, 3.05) is 50.0 Å². The number of nitrogens with zero attached hydrogens (tertiary/aromatic N) is 6. The molecule has 6 N–H and O–H groups in total. The van der Waals surface area contributed by atoms with Crippen LogP contribution in [0.2, 0.25) is 0 Å². The number of aliphatic carboxylic acids is 1. The summed E-state index contributed by atoms with van der Waals surface area (Å²) >= 11 is 0.979. The van der Waals surface area contributed by atoms with Gasteiger partial charge in [0, 0.05) is 42.9 Å². The molecule has 1 aromatic carbocycles. The minimum atomic E-state index is -5.25. The molecule has 19 nitrogen and oxygen atoms in total. The van der Waals surface area contributed by atoms with Gasteiger partial charge in [0.2, 0.25) is 10.4 Å². The molecule has 5 rings (SSSR count). The summed E-state index contributed by atoms with van der Waals surface area (Å²) in [6, 6.07) is 6.91. The number of hydrogen-bond acceptors (Lipinski definition) is 17. The van der Waals surface area contributed by atoms with Crippen molar-refractivity contribution in [3.63, 3.8) is 0 Å². The Morgan fingerprint density at radius 1 is 1.27 bits per heavy atom. The van der Waals surface area contributed by atoms with Crippen molar-refractivity contribution < 1.29 is 50.9 Å². The number of aryl methyl sites for hydroxylation is 1. The minimum absolute atomic E-state index is 0.0355. The van der Waals surface area contributed by atoms with E-state index in [2.05, 4.69) is 24.6 Å². The van der Waals surface area contributed by atoms with Gasteiger partial charge in [-0.1, -0.05) is 22.3 Å². The molecule has 0 spiro atoms. The number of carbonyl (C=O) groups is 3. The van der Waals surface area contributed by atoms with Crippen molar-refractivity contribution in [2.24, 2.45) is 29.8 Å².